The first-order valence-electron chi connectivity index (χ1n) is 7.70. The van der Waals surface area contributed by atoms with Crippen LogP contribution in [-0.4, -0.2) is 38.9 Å². The van der Waals surface area contributed by atoms with E-state index in [0.29, 0.717) is 18.3 Å². The third kappa shape index (κ3) is 6.44. The van der Waals surface area contributed by atoms with Gasteiger partial charge in [0.15, 0.2) is 5.96 Å². The van der Waals surface area contributed by atoms with E-state index in [-0.39, 0.29) is 36.6 Å². The minimum atomic E-state index is -4.19. The van der Waals surface area contributed by atoms with Gasteiger partial charge in [0, 0.05) is 37.7 Å². The molecule has 0 amide bonds. The highest BCUT2D eigenvalue weighted by molar-refractivity contribution is 14.0. The zero-order chi connectivity index (χ0) is 17.7. The monoisotopic (exact) mass is 473 g/mol. The molecule has 142 valence electrons. The summed E-state index contributed by atoms with van der Waals surface area (Å²) in [6.45, 7) is 2.13. The first-order chi connectivity index (χ1) is 11.3. The Bertz CT molecular complexity index is 609. The number of rotatable bonds is 5. The number of ether oxygens (including phenoxy) is 2. The van der Waals surface area contributed by atoms with Gasteiger partial charge in [0.1, 0.15) is 17.6 Å². The molecule has 0 aromatic heterocycles. The molecule has 1 atom stereocenters. The van der Waals surface area contributed by atoms with Crippen LogP contribution in [-0.2, 0) is 13.0 Å². The van der Waals surface area contributed by atoms with Crippen LogP contribution < -0.4 is 20.1 Å². The van der Waals surface area contributed by atoms with Gasteiger partial charge in [0.2, 0.25) is 0 Å². The molecule has 9 heteroatoms. The Balaban J connectivity index is 0.00000312. The van der Waals surface area contributed by atoms with Gasteiger partial charge in [0.05, 0.1) is 13.5 Å². The van der Waals surface area contributed by atoms with Crippen molar-refractivity contribution in [2.24, 2.45) is 4.99 Å². The molecule has 0 aliphatic carbocycles. The molecule has 1 unspecified atom stereocenters. The summed E-state index contributed by atoms with van der Waals surface area (Å²) in [6.07, 6.45) is -4.14. The first-order valence-corrected chi connectivity index (χ1v) is 7.70. The van der Waals surface area contributed by atoms with Gasteiger partial charge in [-0.3, -0.25) is 4.99 Å². The van der Waals surface area contributed by atoms with Crippen LogP contribution in [0, 0.1) is 0 Å². The summed E-state index contributed by atoms with van der Waals surface area (Å²) < 4.78 is 47.7. The quantitative estimate of drug-likeness (QED) is 0.392. The second-order valence-corrected chi connectivity index (χ2v) is 5.62. The fourth-order valence-electron chi connectivity index (χ4n) is 2.53. The fraction of sp³-hybridized carbons (Fsp3) is 0.562. The van der Waals surface area contributed by atoms with Crippen molar-refractivity contribution in [1.29, 1.82) is 0 Å². The molecule has 1 heterocycles. The molecule has 0 radical (unpaired) electrons. The molecule has 2 rings (SSSR count). The number of alkyl halides is 3. The van der Waals surface area contributed by atoms with Crippen molar-refractivity contribution in [3.63, 3.8) is 0 Å². The summed E-state index contributed by atoms with van der Waals surface area (Å²) in [6, 6.07) is 3.84. The zero-order valence-corrected chi connectivity index (χ0v) is 16.7. The average molecular weight is 473 g/mol. The van der Waals surface area contributed by atoms with E-state index in [9.17, 15) is 13.2 Å². The first kappa shape index (κ1) is 21.7. The highest BCUT2D eigenvalue weighted by Gasteiger charge is 2.26. The highest BCUT2D eigenvalue weighted by Crippen LogP contribution is 2.34. The van der Waals surface area contributed by atoms with E-state index in [1.165, 1.54) is 7.05 Å². The molecule has 25 heavy (non-hydrogen) atoms. The molecular formula is C16H23F3IN3O2. The molecule has 0 saturated heterocycles. The van der Waals surface area contributed by atoms with Gasteiger partial charge < -0.3 is 20.1 Å². The van der Waals surface area contributed by atoms with Crippen LogP contribution in [0.4, 0.5) is 13.2 Å². The van der Waals surface area contributed by atoms with Gasteiger partial charge in [-0.2, -0.15) is 13.2 Å². The summed E-state index contributed by atoms with van der Waals surface area (Å²) in [5, 5.41) is 5.62. The van der Waals surface area contributed by atoms with Crippen molar-refractivity contribution in [3.05, 3.63) is 23.3 Å². The molecule has 1 aromatic rings. The second kappa shape index (κ2) is 9.35. The number of halogens is 4. The van der Waals surface area contributed by atoms with E-state index < -0.39 is 12.6 Å². The predicted molar refractivity (Wildman–Crippen MR) is 101 cm³/mol. The van der Waals surface area contributed by atoms with Crippen LogP contribution in [0.1, 0.15) is 24.5 Å². The van der Waals surface area contributed by atoms with Crippen molar-refractivity contribution in [1.82, 2.24) is 10.6 Å². The van der Waals surface area contributed by atoms with Gasteiger partial charge in [-0.15, -0.1) is 24.0 Å². The van der Waals surface area contributed by atoms with Crippen LogP contribution >= 0.6 is 24.0 Å². The molecule has 0 bridgehead atoms. The van der Waals surface area contributed by atoms with Crippen molar-refractivity contribution in [3.8, 4) is 11.5 Å². The van der Waals surface area contributed by atoms with Crippen LogP contribution in [0.5, 0.6) is 11.5 Å². The Morgan fingerprint density at radius 1 is 1.36 bits per heavy atom. The summed E-state index contributed by atoms with van der Waals surface area (Å²) in [5.41, 5.74) is 1.94. The van der Waals surface area contributed by atoms with E-state index >= 15 is 0 Å². The van der Waals surface area contributed by atoms with E-state index in [1.807, 2.05) is 19.1 Å². The summed E-state index contributed by atoms with van der Waals surface area (Å²) in [5.74, 6) is 1.83. The summed E-state index contributed by atoms with van der Waals surface area (Å²) >= 11 is 0. The predicted octanol–water partition coefficient (Wildman–Crippen LogP) is 3.25. The zero-order valence-electron chi connectivity index (χ0n) is 14.4. The standard InChI is InChI=1S/C16H22F3N3O2.HI/c1-10-6-11-7-13(23-3)12(8-14(11)24-10)9-22-15(20-2)21-5-4-16(17,18)19;/h7-8,10H,4-6,9H2,1-3H3,(H2,20,21,22);1H. The minimum Gasteiger partial charge on any atom is -0.496 e. The number of methoxy groups -OCH3 is 1. The largest absolute Gasteiger partial charge is 0.496 e. The maximum absolute atomic E-state index is 12.2. The van der Waals surface area contributed by atoms with Crippen molar-refractivity contribution in [2.45, 2.75) is 38.6 Å². The normalized spacial score (nSPS) is 16.6. The van der Waals surface area contributed by atoms with Crippen LogP contribution in [0.3, 0.4) is 0 Å². The topological polar surface area (TPSA) is 54.9 Å². The molecule has 0 spiro atoms. The van der Waals surface area contributed by atoms with Gasteiger partial charge >= 0.3 is 6.18 Å². The van der Waals surface area contributed by atoms with Crippen LogP contribution in [0.2, 0.25) is 0 Å². The smallest absolute Gasteiger partial charge is 0.390 e. The molecule has 2 N–H and O–H groups in total. The van der Waals surface area contributed by atoms with Gasteiger partial charge in [-0.05, 0) is 19.1 Å². The fourth-order valence-corrected chi connectivity index (χ4v) is 2.53. The SMILES string of the molecule is CN=C(NCCC(F)(F)F)NCc1cc2c(cc1OC)CC(C)O2.I. The van der Waals surface area contributed by atoms with Gasteiger partial charge in [-0.1, -0.05) is 0 Å². The van der Waals surface area contributed by atoms with Gasteiger partial charge in [0.25, 0.3) is 0 Å². The Labute approximate surface area is 162 Å². The third-order valence-electron chi connectivity index (χ3n) is 3.67. The number of aliphatic imine (C=N–C) groups is 1. The maximum atomic E-state index is 12.2. The third-order valence-corrected chi connectivity index (χ3v) is 3.67. The van der Waals surface area contributed by atoms with Crippen molar-refractivity contribution < 1.29 is 22.6 Å². The second-order valence-electron chi connectivity index (χ2n) is 5.62. The lowest BCUT2D eigenvalue weighted by Crippen LogP contribution is -2.38. The molecule has 1 aliphatic heterocycles. The lowest BCUT2D eigenvalue weighted by Gasteiger charge is -2.15. The number of hydrogen-bond acceptors (Lipinski definition) is 3. The lowest BCUT2D eigenvalue weighted by molar-refractivity contribution is -0.132. The molecule has 5 nitrogen and oxygen atoms in total. The van der Waals surface area contributed by atoms with Crippen LogP contribution in [0.15, 0.2) is 17.1 Å². The molecular weight excluding hydrogens is 450 g/mol. The Kier molecular flexibility index (Phi) is 8.10. The minimum absolute atomic E-state index is 0. The van der Waals surface area contributed by atoms with Crippen molar-refractivity contribution in [2.75, 3.05) is 20.7 Å². The Hall–Kier alpha value is -1.39. The van der Waals surface area contributed by atoms with Crippen molar-refractivity contribution >= 4 is 29.9 Å². The van der Waals surface area contributed by atoms with Crippen LogP contribution in [0.25, 0.3) is 0 Å². The number of hydrogen-bond donors (Lipinski definition) is 2. The van der Waals surface area contributed by atoms with E-state index in [4.69, 9.17) is 9.47 Å². The number of benzene rings is 1. The Morgan fingerprint density at radius 3 is 2.68 bits per heavy atom. The molecule has 1 aromatic carbocycles. The van der Waals surface area contributed by atoms with E-state index in [1.54, 1.807) is 7.11 Å². The maximum Gasteiger partial charge on any atom is 0.390 e. The number of fused-ring (bicyclic) bond motifs is 1. The Morgan fingerprint density at radius 2 is 2.08 bits per heavy atom. The van der Waals surface area contributed by atoms with E-state index in [0.717, 1.165) is 23.3 Å². The summed E-state index contributed by atoms with van der Waals surface area (Å²) in [4.78, 5) is 3.92. The van der Waals surface area contributed by atoms with Gasteiger partial charge in [-0.25, -0.2) is 0 Å². The van der Waals surface area contributed by atoms with E-state index in [2.05, 4.69) is 15.6 Å². The number of guanidine groups is 1. The molecule has 0 saturated carbocycles. The average Bonchev–Trinajstić information content (AvgIpc) is 2.87. The number of nitrogens with zero attached hydrogens (tertiary/aromatic N) is 1. The summed E-state index contributed by atoms with van der Waals surface area (Å²) in [7, 11) is 3.09. The number of nitrogens with one attached hydrogen (secondary N) is 2. The highest BCUT2D eigenvalue weighted by atomic mass is 127. The molecule has 1 aliphatic rings. The lowest BCUT2D eigenvalue weighted by atomic mass is 10.1. The molecule has 0 fully saturated rings.